The third-order valence-electron chi connectivity index (χ3n) is 6.47. The van der Waals surface area contributed by atoms with Gasteiger partial charge in [0, 0.05) is 26.7 Å². The van der Waals surface area contributed by atoms with Crippen LogP contribution < -0.4 is 10.1 Å². The Labute approximate surface area is 224 Å². The van der Waals surface area contributed by atoms with Gasteiger partial charge in [0.1, 0.15) is 29.3 Å². The minimum atomic E-state index is -2.77. The van der Waals surface area contributed by atoms with Crippen molar-refractivity contribution >= 4 is 39.9 Å². The number of hydrogen-bond donors (Lipinski definition) is 1. The van der Waals surface area contributed by atoms with Crippen molar-refractivity contribution in [3.05, 3.63) is 63.2 Å². The fourth-order valence-corrected chi connectivity index (χ4v) is 5.74. The maximum atomic E-state index is 14.3. The first-order valence-corrected chi connectivity index (χ1v) is 13.1. The van der Waals surface area contributed by atoms with E-state index in [2.05, 4.69) is 25.4 Å². The van der Waals surface area contributed by atoms with Crippen LogP contribution in [-0.4, -0.2) is 61.3 Å². The van der Waals surface area contributed by atoms with Crippen molar-refractivity contribution in [1.29, 1.82) is 0 Å². The Hall–Kier alpha value is -3.29. The average molecular weight is 566 g/mol. The maximum absolute atomic E-state index is 14.3. The van der Waals surface area contributed by atoms with Crippen LogP contribution in [0.3, 0.4) is 0 Å². The third kappa shape index (κ3) is 5.31. The molecule has 0 spiro atoms. The molecule has 200 valence electrons. The number of aromatic nitrogens is 5. The SMILES string of the molecule is Cn1ncc2c(OC3CCN(C(CNC(=O)c4c(F)cccc4Cl)c4scnc4C(F)F)CC3)ncnc21. The second kappa shape index (κ2) is 11.2. The van der Waals surface area contributed by atoms with Gasteiger partial charge in [0.25, 0.3) is 12.3 Å². The van der Waals surface area contributed by atoms with E-state index in [1.165, 1.54) is 24.0 Å². The van der Waals surface area contributed by atoms with Gasteiger partial charge in [-0.25, -0.2) is 28.1 Å². The number of likely N-dealkylation sites (tertiary alicyclic amines) is 1. The topological polar surface area (TPSA) is 98.1 Å². The highest BCUT2D eigenvalue weighted by Gasteiger charge is 2.32. The van der Waals surface area contributed by atoms with Crippen LogP contribution >= 0.6 is 22.9 Å². The lowest BCUT2D eigenvalue weighted by atomic mass is 10.0. The second-order valence-electron chi connectivity index (χ2n) is 8.76. The number of alkyl halides is 2. The molecular weight excluding hydrogens is 543 g/mol. The van der Waals surface area contributed by atoms with Gasteiger partial charge in [-0.3, -0.25) is 14.4 Å². The molecule has 0 saturated carbocycles. The Morgan fingerprint density at radius 3 is 2.79 bits per heavy atom. The van der Waals surface area contributed by atoms with E-state index in [4.69, 9.17) is 16.3 Å². The molecule has 1 N–H and O–H groups in total. The Morgan fingerprint density at radius 1 is 1.26 bits per heavy atom. The quantitative estimate of drug-likeness (QED) is 0.334. The summed E-state index contributed by atoms with van der Waals surface area (Å²) in [5.74, 6) is -1.04. The molecule has 5 rings (SSSR count). The summed E-state index contributed by atoms with van der Waals surface area (Å²) in [6, 6.07) is 3.36. The zero-order valence-electron chi connectivity index (χ0n) is 20.2. The zero-order chi connectivity index (χ0) is 26.8. The Balaban J connectivity index is 1.31. The van der Waals surface area contributed by atoms with Crippen LogP contribution in [0.25, 0.3) is 11.0 Å². The van der Waals surface area contributed by atoms with Crippen LogP contribution in [0, 0.1) is 5.82 Å². The first kappa shape index (κ1) is 26.3. The molecule has 1 atom stereocenters. The fraction of sp³-hybridized carbons (Fsp3) is 0.375. The largest absolute Gasteiger partial charge is 0.474 e. The molecule has 1 aromatic carbocycles. The number of fused-ring (bicyclic) bond motifs is 1. The summed E-state index contributed by atoms with van der Waals surface area (Å²) >= 11 is 7.13. The second-order valence-corrected chi connectivity index (χ2v) is 10.1. The standard InChI is InChI=1S/C24H23ClF3N7O2S/c1-34-22-14(9-33-34)24(31-11-30-22)37-13-5-7-35(8-6-13)17(20-19(21(27)28)32-12-38-20)10-29-23(36)18-15(25)3-2-4-16(18)26/h2-4,9,11-13,17,21H,5-8,10H2,1H3,(H,29,36). The molecule has 38 heavy (non-hydrogen) atoms. The Kier molecular flexibility index (Phi) is 7.77. The third-order valence-corrected chi connectivity index (χ3v) is 7.73. The van der Waals surface area contributed by atoms with Gasteiger partial charge in [0.05, 0.1) is 33.2 Å². The molecule has 1 aliphatic rings. The van der Waals surface area contributed by atoms with E-state index in [0.29, 0.717) is 47.7 Å². The number of rotatable bonds is 8. The highest BCUT2D eigenvalue weighted by Crippen LogP contribution is 2.35. The summed E-state index contributed by atoms with van der Waals surface area (Å²) < 4.78 is 49.5. The normalized spacial score (nSPS) is 15.7. The number of nitrogens with zero attached hydrogens (tertiary/aromatic N) is 6. The van der Waals surface area contributed by atoms with Crippen molar-refractivity contribution in [3.63, 3.8) is 0 Å². The van der Waals surface area contributed by atoms with Crippen molar-refractivity contribution < 1.29 is 22.7 Å². The number of carbonyl (C=O) groups is 1. The molecule has 9 nitrogen and oxygen atoms in total. The van der Waals surface area contributed by atoms with E-state index in [-0.39, 0.29) is 28.9 Å². The van der Waals surface area contributed by atoms with Crippen molar-refractivity contribution in [2.24, 2.45) is 7.05 Å². The molecule has 4 heterocycles. The molecule has 14 heteroatoms. The highest BCUT2D eigenvalue weighted by atomic mass is 35.5. The average Bonchev–Trinajstić information content (AvgIpc) is 3.53. The smallest absolute Gasteiger partial charge is 0.281 e. The lowest BCUT2D eigenvalue weighted by molar-refractivity contribution is 0.0689. The Bertz CT molecular complexity index is 1420. The van der Waals surface area contributed by atoms with E-state index < -0.39 is 24.2 Å². The van der Waals surface area contributed by atoms with Crippen molar-refractivity contribution in [2.75, 3.05) is 19.6 Å². The van der Waals surface area contributed by atoms with E-state index in [1.807, 2.05) is 4.90 Å². The number of benzene rings is 1. The summed E-state index contributed by atoms with van der Waals surface area (Å²) in [6.45, 7) is 0.986. The van der Waals surface area contributed by atoms with Gasteiger partial charge in [-0.1, -0.05) is 17.7 Å². The van der Waals surface area contributed by atoms with Gasteiger partial charge in [-0.15, -0.1) is 11.3 Å². The fourth-order valence-electron chi connectivity index (χ4n) is 4.55. The van der Waals surface area contributed by atoms with Gasteiger partial charge in [-0.2, -0.15) is 5.10 Å². The van der Waals surface area contributed by atoms with Crippen molar-refractivity contribution in [2.45, 2.75) is 31.4 Å². The van der Waals surface area contributed by atoms with Gasteiger partial charge < -0.3 is 10.1 Å². The van der Waals surface area contributed by atoms with Crippen molar-refractivity contribution in [1.82, 2.24) is 34.9 Å². The van der Waals surface area contributed by atoms with E-state index >= 15 is 0 Å². The number of ether oxygens (including phenoxy) is 1. The molecule has 1 aliphatic heterocycles. The summed E-state index contributed by atoms with van der Waals surface area (Å²) in [5, 5.41) is 7.55. The number of amides is 1. The molecule has 0 radical (unpaired) electrons. The van der Waals surface area contributed by atoms with E-state index in [0.717, 1.165) is 17.4 Å². The molecule has 0 bridgehead atoms. The number of hydrogen-bond acceptors (Lipinski definition) is 8. The van der Waals surface area contributed by atoms with Gasteiger partial charge >= 0.3 is 0 Å². The summed E-state index contributed by atoms with van der Waals surface area (Å²) in [4.78, 5) is 27.4. The minimum Gasteiger partial charge on any atom is -0.474 e. The monoisotopic (exact) mass is 565 g/mol. The molecule has 0 aliphatic carbocycles. The molecule has 1 unspecified atom stereocenters. The number of piperidine rings is 1. The predicted molar refractivity (Wildman–Crippen MR) is 135 cm³/mol. The summed E-state index contributed by atoms with van der Waals surface area (Å²) in [5.41, 5.74) is 1.41. The molecule has 1 fully saturated rings. The summed E-state index contributed by atoms with van der Waals surface area (Å²) in [6.07, 6.45) is 1.33. The van der Waals surface area contributed by atoms with Crippen molar-refractivity contribution in [3.8, 4) is 5.88 Å². The zero-order valence-corrected chi connectivity index (χ0v) is 21.7. The van der Waals surface area contributed by atoms with Crippen LogP contribution in [0.5, 0.6) is 5.88 Å². The molecule has 4 aromatic rings. The van der Waals surface area contributed by atoms with Crippen LogP contribution in [0.2, 0.25) is 5.02 Å². The molecule has 3 aromatic heterocycles. The van der Waals surface area contributed by atoms with E-state index in [1.54, 1.807) is 17.9 Å². The molecule has 1 amide bonds. The highest BCUT2D eigenvalue weighted by molar-refractivity contribution is 7.09. The lowest BCUT2D eigenvalue weighted by Crippen LogP contribution is -2.44. The van der Waals surface area contributed by atoms with Crippen LogP contribution in [0.4, 0.5) is 13.2 Å². The maximum Gasteiger partial charge on any atom is 0.281 e. The molecular formula is C24H23ClF3N7O2S. The molecule has 1 saturated heterocycles. The van der Waals surface area contributed by atoms with Crippen LogP contribution in [0.15, 0.2) is 36.2 Å². The van der Waals surface area contributed by atoms with Gasteiger partial charge in [-0.05, 0) is 25.0 Å². The number of nitrogens with one attached hydrogen (secondary N) is 1. The lowest BCUT2D eigenvalue weighted by Gasteiger charge is -2.37. The van der Waals surface area contributed by atoms with Gasteiger partial charge in [0.15, 0.2) is 5.65 Å². The Morgan fingerprint density at radius 2 is 2.05 bits per heavy atom. The first-order chi connectivity index (χ1) is 18.3. The van der Waals surface area contributed by atoms with E-state index in [9.17, 15) is 18.0 Å². The number of aryl methyl sites for hydroxylation is 1. The number of halogens is 4. The number of thiazole rings is 1. The minimum absolute atomic E-state index is 0.0286. The van der Waals surface area contributed by atoms with Crippen LogP contribution in [-0.2, 0) is 7.05 Å². The number of carbonyl (C=O) groups excluding carboxylic acids is 1. The van der Waals surface area contributed by atoms with Gasteiger partial charge in [0.2, 0.25) is 5.88 Å². The first-order valence-electron chi connectivity index (χ1n) is 11.8. The predicted octanol–water partition coefficient (Wildman–Crippen LogP) is 4.56. The van der Waals surface area contributed by atoms with Crippen LogP contribution in [0.1, 0.15) is 46.2 Å². The summed E-state index contributed by atoms with van der Waals surface area (Å²) in [7, 11) is 1.78.